The SMILES string of the molecule is C=C[C@H]1CNCC[C@H]1C[C@@H](O)Cc1ccnc2ccc(OC)cc12. The number of methoxy groups -OCH3 is 1. The first-order chi connectivity index (χ1) is 11.7. The number of ether oxygens (including phenoxy) is 1. The van der Waals surface area contributed by atoms with Crippen LogP contribution in [0.15, 0.2) is 43.1 Å². The molecule has 1 aromatic carbocycles. The molecular formula is C20H26N2O2. The molecule has 0 spiro atoms. The molecule has 24 heavy (non-hydrogen) atoms. The van der Waals surface area contributed by atoms with Crippen LogP contribution in [-0.4, -0.2) is 36.4 Å². The number of pyridine rings is 1. The van der Waals surface area contributed by atoms with E-state index in [1.807, 2.05) is 36.5 Å². The summed E-state index contributed by atoms with van der Waals surface area (Å²) in [5, 5.41) is 15.1. The number of aliphatic hydroxyl groups is 1. The van der Waals surface area contributed by atoms with Crippen molar-refractivity contribution in [3.8, 4) is 5.75 Å². The van der Waals surface area contributed by atoms with Crippen molar-refractivity contribution >= 4 is 10.9 Å². The molecular weight excluding hydrogens is 300 g/mol. The third-order valence-corrected chi connectivity index (χ3v) is 5.05. The van der Waals surface area contributed by atoms with Crippen molar-refractivity contribution in [1.29, 1.82) is 0 Å². The summed E-state index contributed by atoms with van der Waals surface area (Å²) in [6.45, 7) is 5.94. The van der Waals surface area contributed by atoms with Gasteiger partial charge in [-0.2, -0.15) is 0 Å². The lowest BCUT2D eigenvalue weighted by Crippen LogP contribution is -2.37. The van der Waals surface area contributed by atoms with E-state index < -0.39 is 0 Å². The van der Waals surface area contributed by atoms with Crippen molar-refractivity contribution in [2.45, 2.75) is 25.4 Å². The normalized spacial score (nSPS) is 22.2. The van der Waals surface area contributed by atoms with Gasteiger partial charge in [-0.05, 0) is 67.5 Å². The minimum atomic E-state index is -0.354. The number of hydrogen-bond donors (Lipinski definition) is 2. The zero-order valence-electron chi connectivity index (χ0n) is 14.2. The van der Waals surface area contributed by atoms with Crippen molar-refractivity contribution in [2.24, 2.45) is 11.8 Å². The Morgan fingerprint density at radius 1 is 1.46 bits per heavy atom. The van der Waals surface area contributed by atoms with E-state index in [1.54, 1.807) is 7.11 Å². The molecule has 1 aliphatic heterocycles. The Morgan fingerprint density at radius 3 is 3.12 bits per heavy atom. The molecule has 0 saturated carbocycles. The number of hydrogen-bond acceptors (Lipinski definition) is 4. The highest BCUT2D eigenvalue weighted by Crippen LogP contribution is 2.28. The average molecular weight is 326 g/mol. The summed E-state index contributed by atoms with van der Waals surface area (Å²) in [7, 11) is 1.67. The van der Waals surface area contributed by atoms with E-state index in [9.17, 15) is 5.11 Å². The number of rotatable bonds is 6. The molecule has 2 heterocycles. The lowest BCUT2D eigenvalue weighted by molar-refractivity contribution is 0.120. The maximum atomic E-state index is 10.6. The van der Waals surface area contributed by atoms with Crippen LogP contribution in [0.4, 0.5) is 0 Å². The number of aromatic nitrogens is 1. The molecule has 0 radical (unpaired) electrons. The number of nitrogens with zero attached hydrogens (tertiary/aromatic N) is 1. The number of nitrogens with one attached hydrogen (secondary N) is 1. The highest BCUT2D eigenvalue weighted by atomic mass is 16.5. The Kier molecular flexibility index (Phi) is 5.48. The van der Waals surface area contributed by atoms with Gasteiger partial charge in [0.05, 0.1) is 18.7 Å². The Labute approximate surface area is 143 Å². The predicted molar refractivity (Wildman–Crippen MR) is 97.3 cm³/mol. The summed E-state index contributed by atoms with van der Waals surface area (Å²) >= 11 is 0. The van der Waals surface area contributed by atoms with E-state index in [2.05, 4.69) is 16.9 Å². The van der Waals surface area contributed by atoms with Crippen LogP contribution >= 0.6 is 0 Å². The molecule has 2 aromatic rings. The molecule has 128 valence electrons. The molecule has 0 amide bonds. The molecule has 1 aliphatic rings. The number of piperidine rings is 1. The van der Waals surface area contributed by atoms with Crippen molar-refractivity contribution in [2.75, 3.05) is 20.2 Å². The Hall–Kier alpha value is -1.91. The Bertz CT molecular complexity index is 701. The summed E-state index contributed by atoms with van der Waals surface area (Å²) in [6.07, 6.45) is 6.03. The van der Waals surface area contributed by atoms with Crippen LogP contribution in [0, 0.1) is 11.8 Å². The molecule has 3 rings (SSSR count). The summed E-state index contributed by atoms with van der Waals surface area (Å²) < 4.78 is 5.32. The van der Waals surface area contributed by atoms with Gasteiger partial charge in [0.2, 0.25) is 0 Å². The van der Waals surface area contributed by atoms with Crippen LogP contribution in [0.2, 0.25) is 0 Å². The molecule has 1 fully saturated rings. The van der Waals surface area contributed by atoms with E-state index in [4.69, 9.17) is 4.74 Å². The minimum absolute atomic E-state index is 0.354. The van der Waals surface area contributed by atoms with Crippen molar-refractivity contribution in [3.63, 3.8) is 0 Å². The van der Waals surface area contributed by atoms with Gasteiger partial charge >= 0.3 is 0 Å². The van der Waals surface area contributed by atoms with Gasteiger partial charge < -0.3 is 15.2 Å². The lowest BCUT2D eigenvalue weighted by Gasteiger charge is -2.31. The van der Waals surface area contributed by atoms with E-state index in [1.165, 1.54) is 0 Å². The van der Waals surface area contributed by atoms with Gasteiger partial charge in [0.15, 0.2) is 0 Å². The summed E-state index contributed by atoms with van der Waals surface area (Å²) in [4.78, 5) is 4.41. The van der Waals surface area contributed by atoms with E-state index in [0.717, 1.165) is 48.1 Å². The second kappa shape index (κ2) is 7.77. The first-order valence-electron chi connectivity index (χ1n) is 8.64. The standard InChI is InChI=1S/C20H26N2O2/c1-3-14-13-21-8-6-15(14)10-17(23)11-16-7-9-22-20-5-4-18(24-2)12-19(16)20/h3-5,7,9,12,14-15,17,21,23H,1,6,8,10-11,13H2,2H3/t14-,15-,17+/m0/s1. The highest BCUT2D eigenvalue weighted by Gasteiger charge is 2.25. The van der Waals surface area contributed by atoms with Crippen LogP contribution in [0.5, 0.6) is 5.75 Å². The Balaban J connectivity index is 1.75. The largest absolute Gasteiger partial charge is 0.497 e. The predicted octanol–water partition coefficient (Wildman–Crippen LogP) is 2.95. The fourth-order valence-corrected chi connectivity index (χ4v) is 3.68. The van der Waals surface area contributed by atoms with E-state index >= 15 is 0 Å². The molecule has 0 unspecified atom stereocenters. The van der Waals surface area contributed by atoms with Gasteiger partial charge in [-0.25, -0.2) is 0 Å². The average Bonchev–Trinajstić information content (AvgIpc) is 2.62. The minimum Gasteiger partial charge on any atom is -0.497 e. The molecule has 1 saturated heterocycles. The molecule has 2 N–H and O–H groups in total. The molecule has 4 nitrogen and oxygen atoms in total. The maximum absolute atomic E-state index is 10.6. The summed E-state index contributed by atoms with van der Waals surface area (Å²) in [5.74, 6) is 1.76. The third kappa shape index (κ3) is 3.77. The van der Waals surface area contributed by atoms with E-state index in [0.29, 0.717) is 18.3 Å². The monoisotopic (exact) mass is 326 g/mol. The zero-order valence-corrected chi connectivity index (χ0v) is 14.2. The van der Waals surface area contributed by atoms with Gasteiger partial charge in [0.1, 0.15) is 5.75 Å². The summed E-state index contributed by atoms with van der Waals surface area (Å²) in [5.41, 5.74) is 2.06. The van der Waals surface area contributed by atoms with Crippen LogP contribution in [0.1, 0.15) is 18.4 Å². The van der Waals surface area contributed by atoms with Gasteiger partial charge in [0, 0.05) is 18.1 Å². The van der Waals surface area contributed by atoms with Gasteiger partial charge in [-0.15, -0.1) is 6.58 Å². The number of fused-ring (bicyclic) bond motifs is 1. The smallest absolute Gasteiger partial charge is 0.119 e. The first kappa shape index (κ1) is 16.9. The van der Waals surface area contributed by atoms with E-state index in [-0.39, 0.29) is 6.10 Å². The maximum Gasteiger partial charge on any atom is 0.119 e. The molecule has 0 bridgehead atoms. The van der Waals surface area contributed by atoms with Crippen molar-refractivity contribution < 1.29 is 9.84 Å². The quantitative estimate of drug-likeness (QED) is 0.802. The Morgan fingerprint density at radius 2 is 2.33 bits per heavy atom. The second-order valence-corrected chi connectivity index (χ2v) is 6.60. The molecule has 4 heteroatoms. The number of benzene rings is 1. The second-order valence-electron chi connectivity index (χ2n) is 6.60. The van der Waals surface area contributed by atoms with Crippen molar-refractivity contribution in [1.82, 2.24) is 10.3 Å². The summed E-state index contributed by atoms with van der Waals surface area (Å²) in [6, 6.07) is 7.88. The fourth-order valence-electron chi connectivity index (χ4n) is 3.68. The van der Waals surface area contributed by atoms with Gasteiger partial charge in [0.25, 0.3) is 0 Å². The lowest BCUT2D eigenvalue weighted by atomic mass is 9.81. The van der Waals surface area contributed by atoms with Crippen LogP contribution in [0.25, 0.3) is 10.9 Å². The fraction of sp³-hybridized carbons (Fsp3) is 0.450. The third-order valence-electron chi connectivity index (χ3n) is 5.05. The van der Waals surface area contributed by atoms with Gasteiger partial charge in [-0.1, -0.05) is 6.08 Å². The van der Waals surface area contributed by atoms with Crippen LogP contribution in [0.3, 0.4) is 0 Å². The molecule has 0 aliphatic carbocycles. The highest BCUT2D eigenvalue weighted by molar-refractivity contribution is 5.83. The molecule has 1 aromatic heterocycles. The number of aliphatic hydroxyl groups excluding tert-OH is 1. The zero-order chi connectivity index (χ0) is 16.9. The first-order valence-corrected chi connectivity index (χ1v) is 8.64. The molecule has 3 atom stereocenters. The topological polar surface area (TPSA) is 54.4 Å². The van der Waals surface area contributed by atoms with Crippen LogP contribution in [-0.2, 0) is 6.42 Å². The van der Waals surface area contributed by atoms with Gasteiger partial charge in [-0.3, -0.25) is 4.98 Å². The van der Waals surface area contributed by atoms with Crippen molar-refractivity contribution in [3.05, 3.63) is 48.7 Å². The van der Waals surface area contributed by atoms with Crippen LogP contribution < -0.4 is 10.1 Å².